The number of aliphatic carboxylic acids is 2. The normalized spacial score (nSPS) is 41.7. The molecule has 8 nitrogen and oxygen atoms in total. The largest absolute Gasteiger partial charge is 0.481 e. The summed E-state index contributed by atoms with van der Waals surface area (Å²) in [6.45, 7) is 20.3. The quantitative estimate of drug-likeness (QED) is 0.146. The molecular formula is C48H76N2O6. The van der Waals surface area contributed by atoms with E-state index in [1.807, 2.05) is 0 Å². The highest BCUT2D eigenvalue weighted by Crippen LogP contribution is 2.77. The highest BCUT2D eigenvalue weighted by Gasteiger charge is 2.71. The Hall–Kier alpha value is -2.38. The van der Waals surface area contributed by atoms with Gasteiger partial charge in [-0.2, -0.15) is 0 Å². The lowest BCUT2D eigenvalue weighted by Gasteiger charge is -2.73. The Labute approximate surface area is 337 Å². The maximum atomic E-state index is 13.7. The van der Waals surface area contributed by atoms with Crippen molar-refractivity contribution in [3.63, 3.8) is 0 Å². The monoisotopic (exact) mass is 777 g/mol. The molecule has 0 unspecified atom stereocenters. The Balaban J connectivity index is 1.08. The first-order valence-electron chi connectivity index (χ1n) is 22.9. The number of amides is 2. The highest BCUT2D eigenvalue weighted by molar-refractivity contribution is 5.79. The van der Waals surface area contributed by atoms with Gasteiger partial charge in [-0.25, -0.2) is 0 Å². The molecule has 0 saturated heterocycles. The molecule has 7 fully saturated rings. The second-order valence-electron chi connectivity index (χ2n) is 22.7. The zero-order valence-corrected chi connectivity index (χ0v) is 36.0. The van der Waals surface area contributed by atoms with Crippen LogP contribution in [0.5, 0.6) is 0 Å². The molecule has 2 amide bonds. The molecule has 0 aromatic rings. The molecule has 0 aromatic carbocycles. The van der Waals surface area contributed by atoms with E-state index >= 15 is 0 Å². The molecular weight excluding hydrogens is 701 g/mol. The van der Waals surface area contributed by atoms with Gasteiger partial charge in [-0.1, -0.05) is 72.5 Å². The number of nitrogens with one attached hydrogen (secondary N) is 2. The van der Waals surface area contributed by atoms with Crippen LogP contribution in [0.3, 0.4) is 0 Å². The van der Waals surface area contributed by atoms with Crippen molar-refractivity contribution in [3.8, 4) is 0 Å². The van der Waals surface area contributed by atoms with Gasteiger partial charge in [-0.15, -0.1) is 0 Å². The van der Waals surface area contributed by atoms with Crippen molar-refractivity contribution >= 4 is 23.8 Å². The van der Waals surface area contributed by atoms with Crippen LogP contribution in [0.1, 0.15) is 183 Å². The van der Waals surface area contributed by atoms with Crippen LogP contribution in [0, 0.1) is 67.5 Å². The van der Waals surface area contributed by atoms with Crippen molar-refractivity contribution in [3.05, 3.63) is 12.2 Å². The van der Waals surface area contributed by atoms with Gasteiger partial charge in [0.05, 0.1) is 12.8 Å². The lowest BCUT2D eigenvalue weighted by Crippen LogP contribution is -2.68. The molecule has 7 aliphatic carbocycles. The van der Waals surface area contributed by atoms with Gasteiger partial charge >= 0.3 is 11.9 Å². The minimum atomic E-state index is -0.789. The smallest absolute Gasteiger partial charge is 0.303 e. The first kappa shape index (κ1) is 41.8. The maximum absolute atomic E-state index is 13.7. The molecule has 10 atom stereocenters. The summed E-state index contributed by atoms with van der Waals surface area (Å²) in [4.78, 5) is 51.0. The number of fused-ring (bicyclic) bond motifs is 7. The van der Waals surface area contributed by atoms with Crippen LogP contribution in [0.25, 0.3) is 0 Å². The number of rotatable bonds is 12. The number of carbonyl (C=O) groups is 4. The molecule has 314 valence electrons. The van der Waals surface area contributed by atoms with Crippen LogP contribution in [-0.4, -0.2) is 46.6 Å². The third-order valence-electron chi connectivity index (χ3n) is 19.7. The first-order valence-corrected chi connectivity index (χ1v) is 22.9. The maximum Gasteiger partial charge on any atom is 0.303 e. The Morgan fingerprint density at radius 2 is 1.21 bits per heavy atom. The average molecular weight is 777 g/mol. The summed E-state index contributed by atoms with van der Waals surface area (Å²) >= 11 is 0. The van der Waals surface area contributed by atoms with Gasteiger partial charge in [0.15, 0.2) is 0 Å². The average Bonchev–Trinajstić information content (AvgIpc) is 3.84. The van der Waals surface area contributed by atoms with Gasteiger partial charge in [0.2, 0.25) is 11.8 Å². The van der Waals surface area contributed by atoms with Gasteiger partial charge in [-0.3, -0.25) is 19.2 Å². The summed E-state index contributed by atoms with van der Waals surface area (Å²) in [7, 11) is 0. The number of carboxylic acids is 2. The highest BCUT2D eigenvalue weighted by atomic mass is 16.4. The van der Waals surface area contributed by atoms with Crippen LogP contribution in [0.4, 0.5) is 0 Å². The summed E-state index contributed by atoms with van der Waals surface area (Å²) in [5.74, 6) is 1.16. The predicted octanol–water partition coefficient (Wildman–Crippen LogP) is 10.1. The molecule has 4 N–H and O–H groups in total. The standard InChI is InChI=1S/C48H76N2O6/c1-31(2)32-14-23-48(30-49-37(51)26-46(28-39(53)54)17-8-9-18-46)25-24-44(6)33(41(32)48)12-13-35-43(5)21-16-36(42(3,4)34(43)15-22-45(35,44)7)50-38(52)27-47(29-40(55)56)19-10-11-20-47/h32-36,41H,1,8-30H2,2-7H3,(H,49,51)(H,50,52)(H,53,54)(H,55,56)/t32-,33+,34-,35+,36-,41+,43-,44+,45+,48+/m0/s1. The Bertz CT molecular complexity index is 1570. The first-order chi connectivity index (χ1) is 26.2. The van der Waals surface area contributed by atoms with Crippen LogP contribution in [0.2, 0.25) is 0 Å². The Morgan fingerprint density at radius 1 is 0.625 bits per heavy atom. The van der Waals surface area contributed by atoms with Crippen molar-refractivity contribution < 1.29 is 29.4 Å². The van der Waals surface area contributed by atoms with Crippen LogP contribution in [-0.2, 0) is 19.2 Å². The Kier molecular flexibility index (Phi) is 11.0. The van der Waals surface area contributed by atoms with Crippen molar-refractivity contribution in [2.45, 2.75) is 189 Å². The fraction of sp³-hybridized carbons (Fsp3) is 0.875. The van der Waals surface area contributed by atoms with E-state index in [0.717, 1.165) is 83.5 Å². The fourth-order valence-corrected chi connectivity index (χ4v) is 16.8. The topological polar surface area (TPSA) is 133 Å². The minimum Gasteiger partial charge on any atom is -0.481 e. The van der Waals surface area contributed by atoms with E-state index in [0.29, 0.717) is 49.0 Å². The number of hydrogen-bond donors (Lipinski definition) is 4. The van der Waals surface area contributed by atoms with Crippen molar-refractivity contribution in [1.82, 2.24) is 10.6 Å². The molecule has 0 heterocycles. The summed E-state index contributed by atoms with van der Waals surface area (Å²) in [6.07, 6.45) is 19.7. The number of carbonyl (C=O) groups excluding carboxylic acids is 2. The molecule has 0 aromatic heterocycles. The molecule has 56 heavy (non-hydrogen) atoms. The molecule has 7 saturated carbocycles. The third kappa shape index (κ3) is 6.88. The molecule has 0 spiro atoms. The van der Waals surface area contributed by atoms with E-state index in [4.69, 9.17) is 0 Å². The van der Waals surface area contributed by atoms with Gasteiger partial charge in [-0.05, 0) is 164 Å². The molecule has 0 radical (unpaired) electrons. The van der Waals surface area contributed by atoms with Crippen molar-refractivity contribution in [2.24, 2.45) is 67.5 Å². The SMILES string of the molecule is C=C(C)[C@@H]1CC[C@]2(CNC(=O)CC3(CC(=O)O)CCCC3)CC[C@]3(C)[C@H](CC[C@@H]4[C@@]5(C)CC[C@H](NC(=O)CC6(CC(=O)O)CCCC6)C(C)(C)[C@@H]5CC[C@]43C)[C@@H]12. The van der Waals surface area contributed by atoms with E-state index in [2.05, 4.69) is 58.8 Å². The van der Waals surface area contributed by atoms with Gasteiger partial charge in [0.25, 0.3) is 0 Å². The van der Waals surface area contributed by atoms with Crippen LogP contribution >= 0.6 is 0 Å². The second kappa shape index (κ2) is 14.7. The fourth-order valence-electron chi connectivity index (χ4n) is 16.8. The Morgan fingerprint density at radius 3 is 1.79 bits per heavy atom. The second-order valence-corrected chi connectivity index (χ2v) is 22.7. The van der Waals surface area contributed by atoms with E-state index in [9.17, 15) is 29.4 Å². The van der Waals surface area contributed by atoms with Gasteiger partial charge < -0.3 is 20.8 Å². The van der Waals surface area contributed by atoms with E-state index in [1.165, 1.54) is 37.7 Å². The zero-order valence-electron chi connectivity index (χ0n) is 36.0. The lowest BCUT2D eigenvalue weighted by molar-refractivity contribution is -0.238. The van der Waals surface area contributed by atoms with Crippen molar-refractivity contribution in [2.75, 3.05) is 6.54 Å². The minimum absolute atomic E-state index is 0.0445. The van der Waals surface area contributed by atoms with Gasteiger partial charge in [0.1, 0.15) is 0 Å². The van der Waals surface area contributed by atoms with Gasteiger partial charge in [0, 0.05) is 25.4 Å². The molecule has 0 bridgehead atoms. The van der Waals surface area contributed by atoms with E-state index < -0.39 is 22.8 Å². The summed E-state index contributed by atoms with van der Waals surface area (Å²) in [6, 6.07) is 0.0978. The zero-order chi connectivity index (χ0) is 40.5. The summed E-state index contributed by atoms with van der Waals surface area (Å²) in [5.41, 5.74) is 1.07. The molecule has 7 rings (SSSR count). The summed E-state index contributed by atoms with van der Waals surface area (Å²) < 4.78 is 0. The van der Waals surface area contributed by atoms with Crippen LogP contribution < -0.4 is 10.6 Å². The summed E-state index contributed by atoms with van der Waals surface area (Å²) in [5, 5.41) is 26.3. The molecule has 8 heteroatoms. The molecule has 7 aliphatic rings. The number of allylic oxidation sites excluding steroid dienone is 1. The number of hydrogen-bond acceptors (Lipinski definition) is 4. The van der Waals surface area contributed by atoms with Crippen molar-refractivity contribution in [1.29, 1.82) is 0 Å². The van der Waals surface area contributed by atoms with E-state index in [-0.39, 0.29) is 57.8 Å². The molecule has 0 aliphatic heterocycles. The predicted molar refractivity (Wildman–Crippen MR) is 219 cm³/mol. The van der Waals surface area contributed by atoms with E-state index in [1.54, 1.807) is 0 Å². The van der Waals surface area contributed by atoms with Crippen LogP contribution in [0.15, 0.2) is 12.2 Å². The third-order valence-corrected chi connectivity index (χ3v) is 19.7. The number of carboxylic acid groups (broad SMARTS) is 2. The lowest BCUT2D eigenvalue weighted by atomic mass is 9.32.